The summed E-state index contributed by atoms with van der Waals surface area (Å²) in [6, 6.07) is 13.4. The Morgan fingerprint density at radius 1 is 0.886 bits per heavy atom. The van der Waals surface area contributed by atoms with E-state index >= 15 is 0 Å². The van der Waals surface area contributed by atoms with Crippen molar-refractivity contribution in [3.8, 4) is 5.75 Å². The van der Waals surface area contributed by atoms with E-state index in [-0.39, 0.29) is 54.5 Å². The number of carbonyl (C=O) groups is 4. The van der Waals surface area contributed by atoms with Crippen LogP contribution in [-0.2, 0) is 33.8 Å². The lowest BCUT2D eigenvalue weighted by molar-refractivity contribution is -0.134. The third-order valence-corrected chi connectivity index (χ3v) is 8.04. The number of benzene rings is 2. The lowest BCUT2D eigenvalue weighted by atomic mass is 9.97. The molecule has 3 N–H and O–H groups in total. The highest BCUT2D eigenvalue weighted by atomic mass is 32.2. The largest absolute Gasteiger partial charge is 0.494 e. The van der Waals surface area contributed by atoms with Crippen LogP contribution in [0.4, 0.5) is 0 Å². The van der Waals surface area contributed by atoms with Crippen molar-refractivity contribution in [1.29, 1.82) is 0 Å². The van der Waals surface area contributed by atoms with Crippen LogP contribution >= 0.6 is 12.6 Å². The van der Waals surface area contributed by atoms with Crippen molar-refractivity contribution in [3.63, 3.8) is 0 Å². The highest BCUT2D eigenvalue weighted by Crippen LogP contribution is 2.34. The van der Waals surface area contributed by atoms with E-state index in [0.717, 1.165) is 6.26 Å². The molecule has 2 aromatic rings. The topological polar surface area (TPSA) is 157 Å². The van der Waals surface area contributed by atoms with E-state index < -0.39 is 15.8 Å². The molecule has 0 fully saturated rings. The Balaban J connectivity index is 1.35. The van der Waals surface area contributed by atoms with Crippen molar-refractivity contribution in [2.45, 2.75) is 30.6 Å². The number of cyclic esters (lactones) is 1. The number of hydrogen-bond donors (Lipinski definition) is 4. The van der Waals surface area contributed by atoms with Gasteiger partial charge in [0.2, 0.25) is 17.7 Å². The molecule has 0 radical (unpaired) electrons. The molecule has 236 valence electrons. The minimum atomic E-state index is -3.33. The fourth-order valence-electron chi connectivity index (χ4n) is 4.18. The van der Waals surface area contributed by atoms with Crippen LogP contribution in [0.25, 0.3) is 11.1 Å². The Labute approximate surface area is 262 Å². The number of amides is 3. The van der Waals surface area contributed by atoms with E-state index in [2.05, 4.69) is 35.2 Å². The number of nitrogens with one attached hydrogen (secondary N) is 3. The van der Waals surface area contributed by atoms with Gasteiger partial charge in [-0.05, 0) is 54.7 Å². The summed E-state index contributed by atoms with van der Waals surface area (Å²) in [5.74, 6) is -0.515. The van der Waals surface area contributed by atoms with Gasteiger partial charge in [0.1, 0.15) is 12.4 Å². The molecule has 1 aliphatic rings. The van der Waals surface area contributed by atoms with Crippen molar-refractivity contribution < 1.29 is 37.1 Å². The second-order valence-electron chi connectivity index (χ2n) is 10.1. The second kappa shape index (κ2) is 16.7. The Morgan fingerprint density at radius 3 is 2.20 bits per heavy atom. The fraction of sp³-hybridized carbons (Fsp3) is 0.355. The van der Waals surface area contributed by atoms with Gasteiger partial charge in [0.15, 0.2) is 9.84 Å². The van der Waals surface area contributed by atoms with Crippen molar-refractivity contribution in [3.05, 3.63) is 71.8 Å². The molecule has 1 aliphatic heterocycles. The molecule has 0 saturated carbocycles. The number of carbonyl (C=O) groups excluding carboxylic acids is 4. The monoisotopic (exact) mass is 643 g/mol. The molecule has 2 aromatic carbocycles. The van der Waals surface area contributed by atoms with Crippen LogP contribution in [0.2, 0.25) is 0 Å². The van der Waals surface area contributed by atoms with Gasteiger partial charge in [0.25, 0.3) is 0 Å². The Kier molecular flexibility index (Phi) is 13.0. The lowest BCUT2D eigenvalue weighted by Crippen LogP contribution is -2.37. The number of ether oxygens (including phenoxy) is 2. The molecule has 0 bridgehead atoms. The maximum absolute atomic E-state index is 12.5. The van der Waals surface area contributed by atoms with E-state index in [9.17, 15) is 27.6 Å². The summed E-state index contributed by atoms with van der Waals surface area (Å²) in [6.07, 6.45) is 3.07. The first kappa shape index (κ1) is 34.4. The first-order valence-corrected chi connectivity index (χ1v) is 16.5. The van der Waals surface area contributed by atoms with Crippen LogP contribution in [0.3, 0.4) is 0 Å². The SMILES string of the molecule is C=C(CCC(=O)NCC(=O)NCCCCOc1ccc(C2=C(c3ccc(S(C)(=O)=O)cc3)COC2=O)cc1)CNC(=O)CS. The summed E-state index contributed by atoms with van der Waals surface area (Å²) in [7, 11) is -3.33. The second-order valence-corrected chi connectivity index (χ2v) is 12.4. The summed E-state index contributed by atoms with van der Waals surface area (Å²) < 4.78 is 34.6. The fourth-order valence-corrected chi connectivity index (χ4v) is 4.92. The van der Waals surface area contributed by atoms with E-state index in [1.54, 1.807) is 36.4 Å². The number of hydrogen-bond acceptors (Lipinski definition) is 9. The van der Waals surface area contributed by atoms with E-state index in [0.29, 0.717) is 66.0 Å². The minimum Gasteiger partial charge on any atom is -0.494 e. The first-order chi connectivity index (χ1) is 21.0. The summed E-state index contributed by atoms with van der Waals surface area (Å²) in [6.45, 7) is 4.93. The van der Waals surface area contributed by atoms with Crippen LogP contribution in [0.5, 0.6) is 5.75 Å². The third kappa shape index (κ3) is 10.9. The van der Waals surface area contributed by atoms with Gasteiger partial charge in [-0.2, -0.15) is 12.6 Å². The lowest BCUT2D eigenvalue weighted by Gasteiger charge is -2.10. The Hall–Kier alpha value is -4.10. The zero-order valence-electron chi connectivity index (χ0n) is 24.5. The predicted molar refractivity (Wildman–Crippen MR) is 170 cm³/mol. The van der Waals surface area contributed by atoms with Gasteiger partial charge in [-0.15, -0.1) is 0 Å². The van der Waals surface area contributed by atoms with E-state index in [4.69, 9.17) is 9.47 Å². The number of rotatable bonds is 17. The number of thiol groups is 1. The molecule has 0 spiro atoms. The number of unbranched alkanes of at least 4 members (excludes halogenated alkanes) is 1. The molecule has 3 rings (SSSR count). The summed E-state index contributed by atoms with van der Waals surface area (Å²) in [5.41, 5.74) is 3.19. The van der Waals surface area contributed by atoms with Crippen LogP contribution < -0.4 is 20.7 Å². The first-order valence-electron chi connectivity index (χ1n) is 14.0. The maximum Gasteiger partial charge on any atom is 0.339 e. The molecule has 44 heavy (non-hydrogen) atoms. The average Bonchev–Trinajstić information content (AvgIpc) is 3.40. The average molecular weight is 644 g/mol. The maximum atomic E-state index is 12.5. The quantitative estimate of drug-likeness (QED) is 0.0886. The number of esters is 1. The van der Waals surface area contributed by atoms with Crippen molar-refractivity contribution in [2.75, 3.05) is 44.9 Å². The normalized spacial score (nSPS) is 12.8. The molecule has 0 saturated heterocycles. The van der Waals surface area contributed by atoms with Crippen LogP contribution in [-0.4, -0.2) is 77.0 Å². The van der Waals surface area contributed by atoms with Gasteiger partial charge in [-0.3, -0.25) is 14.4 Å². The molecule has 1 heterocycles. The van der Waals surface area contributed by atoms with Crippen LogP contribution in [0.15, 0.2) is 65.6 Å². The van der Waals surface area contributed by atoms with Gasteiger partial charge >= 0.3 is 5.97 Å². The van der Waals surface area contributed by atoms with Gasteiger partial charge in [0.05, 0.1) is 29.4 Å². The molecule has 13 heteroatoms. The smallest absolute Gasteiger partial charge is 0.339 e. The van der Waals surface area contributed by atoms with Gasteiger partial charge in [0, 0.05) is 31.3 Å². The molecule has 0 aliphatic carbocycles. The van der Waals surface area contributed by atoms with Crippen LogP contribution in [0.1, 0.15) is 36.8 Å². The zero-order valence-corrected chi connectivity index (χ0v) is 26.2. The minimum absolute atomic E-state index is 0.0842. The van der Waals surface area contributed by atoms with Gasteiger partial charge < -0.3 is 25.4 Å². The highest BCUT2D eigenvalue weighted by Gasteiger charge is 2.27. The Bertz CT molecular complexity index is 1500. The Morgan fingerprint density at radius 2 is 1.55 bits per heavy atom. The van der Waals surface area contributed by atoms with Crippen molar-refractivity contribution >= 4 is 57.3 Å². The molecule has 0 unspecified atom stereocenters. The highest BCUT2D eigenvalue weighted by molar-refractivity contribution is 7.90. The van der Waals surface area contributed by atoms with Gasteiger partial charge in [-0.25, -0.2) is 13.2 Å². The van der Waals surface area contributed by atoms with E-state index in [1.165, 1.54) is 12.1 Å². The van der Waals surface area contributed by atoms with Crippen molar-refractivity contribution in [1.82, 2.24) is 16.0 Å². The van der Waals surface area contributed by atoms with Crippen LogP contribution in [0, 0.1) is 0 Å². The van der Waals surface area contributed by atoms with E-state index in [1.807, 2.05) is 0 Å². The zero-order chi connectivity index (χ0) is 32.1. The molecule has 0 atom stereocenters. The molecular weight excluding hydrogens is 606 g/mol. The van der Waals surface area contributed by atoms with Crippen molar-refractivity contribution in [2.24, 2.45) is 0 Å². The number of sulfone groups is 1. The summed E-state index contributed by atoms with van der Waals surface area (Å²) in [5, 5.41) is 7.94. The predicted octanol–water partition coefficient (Wildman–Crippen LogP) is 2.33. The summed E-state index contributed by atoms with van der Waals surface area (Å²) in [4.78, 5) is 47.8. The summed E-state index contributed by atoms with van der Waals surface area (Å²) >= 11 is 3.87. The molecule has 11 nitrogen and oxygen atoms in total. The van der Waals surface area contributed by atoms with Gasteiger partial charge in [-0.1, -0.05) is 36.4 Å². The molecule has 0 aromatic heterocycles. The molecular formula is C31H37N3O8S2. The standard InChI is InChI=1S/C31H37N3O8S2/c1-21(17-33-29(37)20-43)5-14-27(35)34-18-28(36)32-15-3-4-16-41-24-10-6-23(7-11-24)30-26(19-42-31(30)38)22-8-12-25(13-9-22)44(2,39)40/h6-13,43H,1,3-5,14-20H2,2H3,(H,32,36)(H,33,37)(H,34,35). The molecule has 3 amide bonds. The third-order valence-electron chi connectivity index (χ3n) is 6.62.